The van der Waals surface area contributed by atoms with E-state index in [1.165, 1.54) is 57.6 Å². The second-order valence-corrected chi connectivity index (χ2v) is 11.7. The number of thiophene rings is 1. The summed E-state index contributed by atoms with van der Waals surface area (Å²) < 4.78 is 19.1. The summed E-state index contributed by atoms with van der Waals surface area (Å²) in [5.41, 5.74) is 3.67. The Balaban J connectivity index is 0.00000173. The molecule has 6 rings (SSSR count). The van der Waals surface area contributed by atoms with Crippen molar-refractivity contribution in [3.8, 4) is 40.5 Å². The summed E-state index contributed by atoms with van der Waals surface area (Å²) in [6.07, 6.45) is 12.8. The van der Waals surface area contributed by atoms with Gasteiger partial charge in [-0.2, -0.15) is 0 Å². The lowest BCUT2D eigenvalue weighted by Crippen LogP contribution is -2.30. The van der Waals surface area contributed by atoms with Gasteiger partial charge in [0.2, 0.25) is 5.91 Å². The topological polar surface area (TPSA) is 186 Å². The maximum Gasteiger partial charge on any atom is 0.220 e. The van der Waals surface area contributed by atoms with Gasteiger partial charge in [0.1, 0.15) is 19.0 Å². The Morgan fingerprint density at radius 3 is 2.30 bits per heavy atom. The van der Waals surface area contributed by atoms with Crippen LogP contribution in [-0.4, -0.2) is 78.7 Å². The minimum atomic E-state index is 0. The maximum absolute atomic E-state index is 11.5. The normalized spacial score (nSPS) is 15.1. The Kier molecular flexibility index (Phi) is 16.8. The van der Waals surface area contributed by atoms with E-state index in [-0.39, 0.29) is 33.9 Å². The first-order chi connectivity index (χ1) is 20.7. The van der Waals surface area contributed by atoms with Gasteiger partial charge in [-0.1, -0.05) is 24.3 Å². The van der Waals surface area contributed by atoms with Crippen LogP contribution in [0.2, 0.25) is 0 Å². The molecule has 3 heterocycles. The quantitative estimate of drug-likeness (QED) is 0.243. The number of carbonyl (C=O) groups is 1. The number of nitrogens with zero attached hydrogens (tertiary/aromatic N) is 1. The monoisotopic (exact) mass is 654 g/mol. The second-order valence-electron chi connectivity index (χ2n) is 10.6. The van der Waals surface area contributed by atoms with E-state index < -0.39 is 0 Å². The Hall–Kier alpha value is -4.15. The molecule has 2 aliphatic rings. The minimum absolute atomic E-state index is 0. The van der Waals surface area contributed by atoms with E-state index >= 15 is 0 Å². The first-order valence-electron chi connectivity index (χ1n) is 14.5. The third-order valence-electron chi connectivity index (χ3n) is 7.82. The van der Waals surface area contributed by atoms with Crippen LogP contribution in [0.5, 0.6) is 17.2 Å². The van der Waals surface area contributed by atoms with Gasteiger partial charge in [0.15, 0.2) is 11.5 Å². The number of fused-ring (bicyclic) bond motifs is 1. The Labute approximate surface area is 274 Å². The number of likely N-dealkylation sites (tertiary alicyclic amines) is 1. The fourth-order valence-electron chi connectivity index (χ4n) is 5.65. The zero-order valence-corrected chi connectivity index (χ0v) is 27.0. The molecule has 3 aromatic carbocycles. The molecule has 0 radical (unpaired) electrons. The third-order valence-corrected chi connectivity index (χ3v) is 9.09. The largest absolute Gasteiger partial charge is 0.493 e. The number of hydrogen-bond donors (Lipinski definition) is 1. The molecule has 0 aliphatic carbocycles. The van der Waals surface area contributed by atoms with Gasteiger partial charge in [0.05, 0.1) is 13.2 Å². The predicted molar refractivity (Wildman–Crippen MR) is 185 cm³/mol. The van der Waals surface area contributed by atoms with Crippen LogP contribution in [0, 0.1) is 12.8 Å². The van der Waals surface area contributed by atoms with Crippen molar-refractivity contribution < 1.29 is 40.9 Å². The average molecular weight is 655 g/mol. The molecular weight excluding hydrogens is 608 g/mol. The van der Waals surface area contributed by atoms with Crippen LogP contribution < -0.4 is 19.5 Å². The lowest BCUT2D eigenvalue weighted by atomic mass is 9.98. The highest BCUT2D eigenvalue weighted by atomic mass is 32.1. The molecule has 1 amide bonds. The van der Waals surface area contributed by atoms with Gasteiger partial charge in [-0.05, 0) is 103 Å². The molecule has 46 heavy (non-hydrogen) atoms. The highest BCUT2D eigenvalue weighted by Crippen LogP contribution is 2.41. The number of ether oxygens (including phenoxy) is 3. The van der Waals surface area contributed by atoms with E-state index in [0.29, 0.717) is 19.6 Å². The molecule has 1 unspecified atom stereocenters. The van der Waals surface area contributed by atoms with Gasteiger partial charge in [0, 0.05) is 22.5 Å². The van der Waals surface area contributed by atoms with Gasteiger partial charge >= 0.3 is 0 Å². The van der Waals surface area contributed by atoms with Crippen molar-refractivity contribution in [1.29, 1.82) is 0 Å². The molecule has 9 N–H and O–H groups in total. The van der Waals surface area contributed by atoms with Gasteiger partial charge in [-0.25, -0.2) is 0 Å². The van der Waals surface area contributed by atoms with Gasteiger partial charge in [-0.3, -0.25) is 9.69 Å². The van der Waals surface area contributed by atoms with E-state index in [4.69, 9.17) is 14.2 Å². The summed E-state index contributed by atoms with van der Waals surface area (Å²) in [4.78, 5) is 15.2. The van der Waals surface area contributed by atoms with E-state index in [1.54, 1.807) is 7.11 Å². The Morgan fingerprint density at radius 2 is 1.63 bits per heavy atom. The Bertz CT molecular complexity index is 1520. The number of methoxy groups -OCH3 is 1. The van der Waals surface area contributed by atoms with Gasteiger partial charge in [0.25, 0.3) is 0 Å². The molecule has 0 spiro atoms. The molecule has 0 saturated carbocycles. The van der Waals surface area contributed by atoms with Gasteiger partial charge < -0.3 is 41.4 Å². The summed E-state index contributed by atoms with van der Waals surface area (Å²) in [5, 5.41) is 4.24. The average Bonchev–Trinajstić information content (AvgIpc) is 3.79. The smallest absolute Gasteiger partial charge is 0.220 e. The number of amides is 1. The zero-order chi connectivity index (χ0) is 29.3. The van der Waals surface area contributed by atoms with Crippen LogP contribution in [0.1, 0.15) is 36.8 Å². The number of benzene rings is 3. The summed E-state index contributed by atoms with van der Waals surface area (Å²) in [7, 11) is 1.71. The molecule has 1 atom stereocenters. The highest BCUT2D eigenvalue weighted by molar-refractivity contribution is 7.22. The van der Waals surface area contributed by atoms with Crippen molar-refractivity contribution in [2.24, 2.45) is 0 Å². The van der Waals surface area contributed by atoms with E-state index in [1.807, 2.05) is 29.5 Å². The number of terminal acetylenes is 1. The minimum Gasteiger partial charge on any atom is -0.493 e. The number of hydrogen-bond acceptors (Lipinski definition) is 6. The molecule has 2 saturated heterocycles. The molecule has 2 fully saturated rings. The van der Waals surface area contributed by atoms with Crippen LogP contribution >= 0.6 is 11.3 Å². The standard InChI is InChI=1S/C33H36N2O4S.C2H2.4H2O/c1-37-30-21-23(8-14-29(30)38-19-18-35-16-4-5-17-35)20-28-27-6-2-3-7-31(27)40-33(28)24-9-12-26(13-10-24)39-22-25-11-15-32(36)34-25;1-2;;;;/h2-3,6-10,12-14,21,25H,4-5,11,15-20,22H2,1H3,(H,34,36);1-2H;4*1H2. The molecule has 4 aromatic rings. The van der Waals surface area contributed by atoms with Crippen LogP contribution in [0.15, 0.2) is 66.7 Å². The van der Waals surface area contributed by atoms with Crippen molar-refractivity contribution in [2.45, 2.75) is 38.1 Å². The van der Waals surface area contributed by atoms with Crippen LogP contribution in [0.4, 0.5) is 0 Å². The highest BCUT2D eigenvalue weighted by Gasteiger charge is 2.21. The molecule has 1 aromatic heterocycles. The lowest BCUT2D eigenvalue weighted by molar-refractivity contribution is -0.119. The van der Waals surface area contributed by atoms with Crippen molar-refractivity contribution in [3.05, 3.63) is 77.9 Å². The van der Waals surface area contributed by atoms with Gasteiger partial charge in [-0.15, -0.1) is 24.2 Å². The fourth-order valence-corrected chi connectivity index (χ4v) is 6.87. The number of nitrogens with one attached hydrogen (secondary N) is 1. The SMILES string of the molecule is C#C.COc1cc(Cc2c(-c3ccc(OCC4CCC(=O)N4)cc3)sc3ccccc23)ccc1OCCN1CCCC1.O.O.O.O. The van der Waals surface area contributed by atoms with Crippen molar-refractivity contribution in [2.75, 3.05) is 40.0 Å². The lowest BCUT2D eigenvalue weighted by Gasteiger charge is -2.17. The molecule has 2 aliphatic heterocycles. The predicted octanol–water partition coefficient (Wildman–Crippen LogP) is 3.25. The number of rotatable bonds is 11. The maximum atomic E-state index is 11.5. The molecule has 11 heteroatoms. The zero-order valence-electron chi connectivity index (χ0n) is 26.1. The molecule has 250 valence electrons. The molecule has 10 nitrogen and oxygen atoms in total. The van der Waals surface area contributed by atoms with E-state index in [2.05, 4.69) is 71.6 Å². The molecule has 0 bridgehead atoms. The van der Waals surface area contributed by atoms with Crippen molar-refractivity contribution in [3.63, 3.8) is 0 Å². The van der Waals surface area contributed by atoms with Crippen LogP contribution in [0.3, 0.4) is 0 Å². The van der Waals surface area contributed by atoms with E-state index in [0.717, 1.165) is 36.6 Å². The second kappa shape index (κ2) is 19.4. The summed E-state index contributed by atoms with van der Waals surface area (Å²) in [6, 6.07) is 23.3. The van der Waals surface area contributed by atoms with E-state index in [9.17, 15) is 4.79 Å². The van der Waals surface area contributed by atoms with Crippen molar-refractivity contribution in [1.82, 2.24) is 10.2 Å². The van der Waals surface area contributed by atoms with Crippen LogP contribution in [0.25, 0.3) is 20.5 Å². The van der Waals surface area contributed by atoms with Crippen molar-refractivity contribution >= 4 is 27.3 Å². The third kappa shape index (κ3) is 9.67. The summed E-state index contributed by atoms with van der Waals surface area (Å²) in [6.45, 7) is 4.47. The summed E-state index contributed by atoms with van der Waals surface area (Å²) >= 11 is 1.82. The fraction of sp³-hybridized carbons (Fsp3) is 0.343. The number of carbonyl (C=O) groups excluding carboxylic acids is 1. The van der Waals surface area contributed by atoms with Crippen LogP contribution in [-0.2, 0) is 11.2 Å². The Morgan fingerprint density at radius 1 is 0.913 bits per heavy atom. The summed E-state index contributed by atoms with van der Waals surface area (Å²) in [5.74, 6) is 2.50. The first kappa shape index (κ1) is 39.9. The first-order valence-corrected chi connectivity index (χ1v) is 15.4. The molecular formula is C35H46N2O8S.